The fourth-order valence-electron chi connectivity index (χ4n) is 1.97. The Morgan fingerprint density at radius 2 is 1.94 bits per heavy atom. The predicted octanol–water partition coefficient (Wildman–Crippen LogP) is 1.19. The van der Waals surface area contributed by atoms with Crippen molar-refractivity contribution in [3.63, 3.8) is 0 Å². The number of carbonyl (C=O) groups is 1. The van der Waals surface area contributed by atoms with Gasteiger partial charge in [0.2, 0.25) is 5.91 Å². The van der Waals surface area contributed by atoms with Crippen LogP contribution in [0.15, 0.2) is 30.3 Å². The van der Waals surface area contributed by atoms with E-state index >= 15 is 0 Å². The number of nitrogens with two attached hydrogens (primary N) is 1. The second-order valence-electron chi connectivity index (χ2n) is 4.28. The lowest BCUT2D eigenvalue weighted by atomic mass is 9.99. The van der Waals surface area contributed by atoms with Gasteiger partial charge in [-0.25, -0.2) is 0 Å². The minimum Gasteiger partial charge on any atom is -0.381 e. The second kappa shape index (κ2) is 5.80. The monoisotopic (exact) mass is 234 g/mol. The molecule has 0 aromatic heterocycles. The first-order valence-corrected chi connectivity index (χ1v) is 5.96. The molecule has 92 valence electrons. The van der Waals surface area contributed by atoms with Gasteiger partial charge in [-0.1, -0.05) is 30.3 Å². The summed E-state index contributed by atoms with van der Waals surface area (Å²) >= 11 is 0. The number of rotatable bonds is 3. The molecule has 1 heterocycles. The zero-order valence-electron chi connectivity index (χ0n) is 9.76. The Labute approximate surface area is 101 Å². The third kappa shape index (κ3) is 3.28. The van der Waals surface area contributed by atoms with Gasteiger partial charge < -0.3 is 15.8 Å². The molecule has 1 aliphatic rings. The minimum absolute atomic E-state index is 0.0321. The number of amides is 1. The summed E-state index contributed by atoms with van der Waals surface area (Å²) in [4.78, 5) is 11.9. The molecule has 1 aliphatic heterocycles. The van der Waals surface area contributed by atoms with Crippen LogP contribution in [0.1, 0.15) is 24.6 Å². The van der Waals surface area contributed by atoms with Gasteiger partial charge in [-0.05, 0) is 18.4 Å². The van der Waals surface area contributed by atoms with Crippen molar-refractivity contribution in [1.29, 1.82) is 0 Å². The summed E-state index contributed by atoms with van der Waals surface area (Å²) in [7, 11) is 0. The van der Waals surface area contributed by atoms with Crippen molar-refractivity contribution in [2.45, 2.75) is 19.0 Å². The molecule has 1 fully saturated rings. The molecular formula is C13H18N2O2. The van der Waals surface area contributed by atoms with E-state index in [9.17, 15) is 4.79 Å². The summed E-state index contributed by atoms with van der Waals surface area (Å²) < 4.78 is 5.23. The van der Waals surface area contributed by atoms with E-state index in [2.05, 4.69) is 5.32 Å². The van der Waals surface area contributed by atoms with Crippen molar-refractivity contribution >= 4 is 5.91 Å². The quantitative estimate of drug-likeness (QED) is 0.772. The van der Waals surface area contributed by atoms with Crippen LogP contribution in [-0.4, -0.2) is 19.1 Å². The molecule has 0 radical (unpaired) electrons. The Morgan fingerprint density at radius 3 is 2.59 bits per heavy atom. The second-order valence-corrected chi connectivity index (χ2v) is 4.28. The van der Waals surface area contributed by atoms with Crippen molar-refractivity contribution < 1.29 is 9.53 Å². The van der Waals surface area contributed by atoms with E-state index in [-0.39, 0.29) is 11.8 Å². The average molecular weight is 234 g/mol. The highest BCUT2D eigenvalue weighted by Crippen LogP contribution is 2.16. The molecule has 1 aromatic rings. The lowest BCUT2D eigenvalue weighted by Crippen LogP contribution is -2.39. The van der Waals surface area contributed by atoms with Crippen LogP contribution in [0.5, 0.6) is 0 Å². The van der Waals surface area contributed by atoms with Crippen LogP contribution in [0.3, 0.4) is 0 Å². The maximum Gasteiger partial charge on any atom is 0.224 e. The van der Waals surface area contributed by atoms with Crippen LogP contribution < -0.4 is 11.1 Å². The third-order valence-corrected chi connectivity index (χ3v) is 3.05. The van der Waals surface area contributed by atoms with E-state index < -0.39 is 6.17 Å². The van der Waals surface area contributed by atoms with Gasteiger partial charge in [-0.2, -0.15) is 0 Å². The molecule has 1 atom stereocenters. The van der Waals surface area contributed by atoms with Gasteiger partial charge in [0, 0.05) is 19.1 Å². The lowest BCUT2D eigenvalue weighted by Gasteiger charge is -2.23. The van der Waals surface area contributed by atoms with Crippen molar-refractivity contribution in [1.82, 2.24) is 5.32 Å². The molecule has 1 aromatic carbocycles. The Bertz CT molecular complexity index is 361. The van der Waals surface area contributed by atoms with Crippen LogP contribution in [0, 0.1) is 5.92 Å². The summed E-state index contributed by atoms with van der Waals surface area (Å²) in [5, 5.41) is 2.85. The van der Waals surface area contributed by atoms with E-state index in [4.69, 9.17) is 10.5 Å². The maximum atomic E-state index is 11.9. The number of hydrogen-bond donors (Lipinski definition) is 2. The topological polar surface area (TPSA) is 64.3 Å². The Kier molecular flexibility index (Phi) is 4.12. The van der Waals surface area contributed by atoms with Gasteiger partial charge in [-0.3, -0.25) is 4.79 Å². The van der Waals surface area contributed by atoms with Crippen LogP contribution in [-0.2, 0) is 9.53 Å². The largest absolute Gasteiger partial charge is 0.381 e. The zero-order chi connectivity index (χ0) is 12.1. The minimum atomic E-state index is -0.424. The maximum absolute atomic E-state index is 11.9. The van der Waals surface area contributed by atoms with Crippen LogP contribution in [0.2, 0.25) is 0 Å². The van der Waals surface area contributed by atoms with E-state index in [0.29, 0.717) is 13.2 Å². The van der Waals surface area contributed by atoms with Crippen LogP contribution in [0.25, 0.3) is 0 Å². The molecule has 0 aliphatic carbocycles. The van der Waals surface area contributed by atoms with Crippen molar-refractivity contribution in [2.75, 3.05) is 13.2 Å². The summed E-state index contributed by atoms with van der Waals surface area (Å²) in [5.41, 5.74) is 6.86. The van der Waals surface area contributed by atoms with Crippen molar-refractivity contribution in [3.05, 3.63) is 35.9 Å². The SMILES string of the molecule is N[C@H](NC(=O)C1CCOCC1)c1ccccc1. The molecule has 2 rings (SSSR count). The molecule has 0 spiro atoms. The summed E-state index contributed by atoms with van der Waals surface area (Å²) in [6.07, 6.45) is 1.15. The molecule has 0 bridgehead atoms. The van der Waals surface area contributed by atoms with Gasteiger partial charge in [-0.15, -0.1) is 0 Å². The van der Waals surface area contributed by atoms with Crippen LogP contribution in [0.4, 0.5) is 0 Å². The fraction of sp³-hybridized carbons (Fsp3) is 0.462. The smallest absolute Gasteiger partial charge is 0.224 e. The van der Waals surface area contributed by atoms with E-state index in [0.717, 1.165) is 18.4 Å². The number of ether oxygens (including phenoxy) is 1. The summed E-state index contributed by atoms with van der Waals surface area (Å²) in [5.74, 6) is 0.0724. The number of carbonyl (C=O) groups excluding carboxylic acids is 1. The molecule has 1 saturated heterocycles. The highest BCUT2D eigenvalue weighted by Gasteiger charge is 2.22. The molecule has 4 nitrogen and oxygen atoms in total. The third-order valence-electron chi connectivity index (χ3n) is 3.05. The average Bonchev–Trinajstić information content (AvgIpc) is 2.40. The standard InChI is InChI=1S/C13H18N2O2/c14-12(10-4-2-1-3-5-10)15-13(16)11-6-8-17-9-7-11/h1-5,11-12H,6-9,14H2,(H,15,16)/t12-/m1/s1. The summed E-state index contributed by atoms with van der Waals surface area (Å²) in [6.45, 7) is 1.33. The van der Waals surface area contributed by atoms with E-state index in [1.54, 1.807) is 0 Å². The molecule has 4 heteroatoms. The van der Waals surface area contributed by atoms with Gasteiger partial charge in [0.1, 0.15) is 6.17 Å². The Balaban J connectivity index is 1.89. The Hall–Kier alpha value is -1.39. The van der Waals surface area contributed by atoms with Crippen molar-refractivity contribution in [2.24, 2.45) is 11.7 Å². The van der Waals surface area contributed by atoms with E-state index in [1.807, 2.05) is 30.3 Å². The molecule has 3 N–H and O–H groups in total. The molecule has 0 unspecified atom stereocenters. The van der Waals surface area contributed by atoms with Crippen molar-refractivity contribution in [3.8, 4) is 0 Å². The van der Waals surface area contributed by atoms with Gasteiger partial charge in [0.25, 0.3) is 0 Å². The van der Waals surface area contributed by atoms with Gasteiger partial charge >= 0.3 is 0 Å². The van der Waals surface area contributed by atoms with Gasteiger partial charge in [0.05, 0.1) is 0 Å². The molecule has 17 heavy (non-hydrogen) atoms. The first-order valence-electron chi connectivity index (χ1n) is 5.96. The van der Waals surface area contributed by atoms with E-state index in [1.165, 1.54) is 0 Å². The predicted molar refractivity (Wildman–Crippen MR) is 65.1 cm³/mol. The molecule has 0 saturated carbocycles. The van der Waals surface area contributed by atoms with Gasteiger partial charge in [0.15, 0.2) is 0 Å². The highest BCUT2D eigenvalue weighted by atomic mass is 16.5. The Morgan fingerprint density at radius 1 is 1.29 bits per heavy atom. The number of nitrogens with one attached hydrogen (secondary N) is 1. The highest BCUT2D eigenvalue weighted by molar-refractivity contribution is 5.79. The van der Waals surface area contributed by atoms with Crippen LogP contribution >= 0.6 is 0 Å². The fourth-order valence-corrected chi connectivity index (χ4v) is 1.97. The molecular weight excluding hydrogens is 216 g/mol. The normalized spacial score (nSPS) is 18.6. The zero-order valence-corrected chi connectivity index (χ0v) is 9.76. The first-order chi connectivity index (χ1) is 8.27. The summed E-state index contributed by atoms with van der Waals surface area (Å²) in [6, 6.07) is 9.58. The number of hydrogen-bond acceptors (Lipinski definition) is 3. The number of benzene rings is 1. The lowest BCUT2D eigenvalue weighted by molar-refractivity contribution is -0.128. The molecule has 1 amide bonds. The first kappa shape index (κ1) is 12.1.